The summed E-state index contributed by atoms with van der Waals surface area (Å²) >= 11 is 0. The first kappa shape index (κ1) is 6.35. The van der Waals surface area contributed by atoms with Crippen molar-refractivity contribution in [2.75, 3.05) is 7.05 Å². The van der Waals surface area contributed by atoms with E-state index in [-0.39, 0.29) is 11.6 Å². The Labute approximate surface area is 54.0 Å². The summed E-state index contributed by atoms with van der Waals surface area (Å²) in [6.07, 6.45) is 0. The molecule has 0 radical (unpaired) electrons. The number of nitrogens with one attached hydrogen (secondary N) is 1. The number of imide groups is 1. The zero-order valence-corrected chi connectivity index (χ0v) is 5.18. The molecular formula is C3H6B2N2O2. The van der Waals surface area contributed by atoms with Crippen molar-refractivity contribution in [2.24, 2.45) is 0 Å². The van der Waals surface area contributed by atoms with Gasteiger partial charge in [0.25, 0.3) is 0 Å². The summed E-state index contributed by atoms with van der Waals surface area (Å²) in [6, 6.07) is 0. The van der Waals surface area contributed by atoms with Crippen LogP contribution in [0.2, 0.25) is 0 Å². The molecule has 1 aliphatic heterocycles. The molecule has 1 aliphatic rings. The minimum absolute atomic E-state index is 0.137. The zero-order chi connectivity index (χ0) is 6.85. The molecule has 1 N–H and O–H groups in total. The molecule has 0 unspecified atom stereocenters. The molecule has 1 fully saturated rings. The Kier molecular flexibility index (Phi) is 1.57. The Morgan fingerprint density at radius 3 is 2.00 bits per heavy atom. The Bertz CT molecular complexity index is 144. The highest BCUT2D eigenvalue weighted by atomic mass is 16.2. The maximum Gasteiger partial charge on any atom is 0.213 e. The van der Waals surface area contributed by atoms with Crippen LogP contribution in [-0.2, 0) is 0 Å². The van der Waals surface area contributed by atoms with Crippen LogP contribution in [0.4, 0.5) is 9.59 Å². The summed E-state index contributed by atoms with van der Waals surface area (Å²) in [5.74, 6) is -0.273. The van der Waals surface area contributed by atoms with E-state index in [1.165, 1.54) is 0 Å². The average molecular weight is 124 g/mol. The van der Waals surface area contributed by atoms with Crippen molar-refractivity contribution < 1.29 is 9.59 Å². The molecule has 0 aromatic rings. The summed E-state index contributed by atoms with van der Waals surface area (Å²) in [7, 11) is 2.25. The lowest BCUT2D eigenvalue weighted by Crippen LogP contribution is -2.39. The number of hydrogen-bond acceptors (Lipinski definition) is 3. The van der Waals surface area contributed by atoms with Gasteiger partial charge in [-0.15, -0.1) is 0 Å². The minimum Gasteiger partial charge on any atom is -0.287 e. The number of rotatable bonds is 1. The molecule has 46 valence electrons. The summed E-state index contributed by atoms with van der Waals surface area (Å²) in [4.78, 5) is 21.3. The lowest BCUT2D eigenvalue weighted by molar-refractivity contribution is 0.202. The molecule has 0 atom stereocenters. The van der Waals surface area contributed by atoms with E-state index < -0.39 is 0 Å². The molecule has 1 rings (SSSR count). The lowest BCUT2D eigenvalue weighted by atomic mass is 9.42. The van der Waals surface area contributed by atoms with Gasteiger partial charge < -0.3 is 0 Å². The third-order valence-corrected chi connectivity index (χ3v) is 1.28. The Balaban J connectivity index is 2.66. The van der Waals surface area contributed by atoms with Crippen molar-refractivity contribution >= 4 is 26.0 Å². The average Bonchev–Trinajstić information content (AvgIpc) is 2.12. The molecule has 1 saturated heterocycles. The Morgan fingerprint density at radius 2 is 1.78 bits per heavy atom. The lowest BCUT2D eigenvalue weighted by Gasteiger charge is -2.11. The van der Waals surface area contributed by atoms with E-state index in [4.69, 9.17) is 0 Å². The van der Waals surface area contributed by atoms with Gasteiger partial charge in [0.15, 0.2) is 11.6 Å². The number of hydrazine groups is 1. The normalized spacial score (nSPS) is 17.7. The second-order valence-electron chi connectivity index (χ2n) is 1.85. The fourth-order valence-corrected chi connectivity index (χ4v) is 0.826. The van der Waals surface area contributed by atoms with E-state index in [2.05, 4.69) is 5.43 Å². The quantitative estimate of drug-likeness (QED) is 0.431. The van der Waals surface area contributed by atoms with Crippen LogP contribution in [0, 0.1) is 0 Å². The number of carbonyl (C=O) groups excluding carboxylic acids is 2. The maximum atomic E-state index is 10.7. The van der Waals surface area contributed by atoms with Crippen LogP contribution in [-0.4, -0.2) is 38.0 Å². The summed E-state index contributed by atoms with van der Waals surface area (Å²) < 4.78 is 0. The van der Waals surface area contributed by atoms with Crippen LogP contribution in [0.25, 0.3) is 0 Å². The second-order valence-corrected chi connectivity index (χ2v) is 1.85. The summed E-state index contributed by atoms with van der Waals surface area (Å²) in [6.45, 7) is 0. The fourth-order valence-electron chi connectivity index (χ4n) is 0.826. The molecule has 0 aromatic heterocycles. The van der Waals surface area contributed by atoms with Crippen LogP contribution >= 0.6 is 0 Å². The van der Waals surface area contributed by atoms with Crippen LogP contribution in [0.5, 0.6) is 0 Å². The van der Waals surface area contributed by atoms with E-state index in [0.29, 0.717) is 14.3 Å². The van der Waals surface area contributed by atoms with Crippen LogP contribution in [0.15, 0.2) is 0 Å². The molecule has 1 heterocycles. The minimum atomic E-state index is -0.137. The molecule has 0 aliphatic carbocycles. The van der Waals surface area contributed by atoms with Crippen molar-refractivity contribution in [2.45, 2.75) is 0 Å². The first-order valence-corrected chi connectivity index (χ1v) is 2.79. The van der Waals surface area contributed by atoms with Crippen LogP contribution < -0.4 is 5.43 Å². The molecule has 6 heteroatoms. The topological polar surface area (TPSA) is 49.4 Å². The van der Waals surface area contributed by atoms with Gasteiger partial charge in [0, 0.05) is 7.05 Å². The van der Waals surface area contributed by atoms with Gasteiger partial charge in [-0.2, -0.15) is 0 Å². The highest BCUT2D eigenvalue weighted by Gasteiger charge is 2.29. The van der Waals surface area contributed by atoms with Crippen molar-refractivity contribution in [3.63, 3.8) is 0 Å². The van der Waals surface area contributed by atoms with Gasteiger partial charge >= 0.3 is 0 Å². The number of carbonyl (C=O) groups is 2. The predicted octanol–water partition coefficient (Wildman–Crippen LogP) is -1.54. The molecule has 2 amide bonds. The van der Waals surface area contributed by atoms with E-state index in [9.17, 15) is 9.59 Å². The van der Waals surface area contributed by atoms with E-state index in [0.717, 1.165) is 5.01 Å². The van der Waals surface area contributed by atoms with Gasteiger partial charge in [-0.3, -0.25) is 9.59 Å². The fraction of sp³-hybridized carbons (Fsp3) is 0.333. The number of amides is 2. The Hall–Kier alpha value is -0.770. The summed E-state index contributed by atoms with van der Waals surface area (Å²) in [5, 5.41) is 1.04. The van der Waals surface area contributed by atoms with Crippen molar-refractivity contribution in [3.8, 4) is 0 Å². The molecule has 0 saturated carbocycles. The standard InChI is InChI=1S/C3H6B2N2O2/c1-6-7-2(8)4-5-3(7)9/h4-6H,1H3. The first-order chi connectivity index (χ1) is 4.25. The van der Waals surface area contributed by atoms with Gasteiger partial charge in [0.2, 0.25) is 14.3 Å². The SMILES string of the molecule is CNN1C(=O)BBC1=O. The van der Waals surface area contributed by atoms with E-state index in [1.54, 1.807) is 7.05 Å². The molecule has 4 nitrogen and oxygen atoms in total. The van der Waals surface area contributed by atoms with Crippen molar-refractivity contribution in [1.29, 1.82) is 0 Å². The van der Waals surface area contributed by atoms with Gasteiger partial charge in [0.05, 0.1) is 0 Å². The molecule has 0 spiro atoms. The highest BCUT2D eigenvalue weighted by Crippen LogP contribution is 1.94. The summed E-state index contributed by atoms with van der Waals surface area (Å²) in [5.41, 5.74) is 2.50. The second kappa shape index (κ2) is 2.23. The molecule has 9 heavy (non-hydrogen) atoms. The maximum absolute atomic E-state index is 10.7. The zero-order valence-electron chi connectivity index (χ0n) is 5.18. The smallest absolute Gasteiger partial charge is 0.213 e. The molecule has 0 aromatic carbocycles. The monoisotopic (exact) mass is 124 g/mol. The van der Waals surface area contributed by atoms with Gasteiger partial charge in [-0.1, -0.05) is 0 Å². The van der Waals surface area contributed by atoms with Crippen LogP contribution in [0.1, 0.15) is 0 Å². The van der Waals surface area contributed by atoms with Crippen molar-refractivity contribution in [3.05, 3.63) is 0 Å². The highest BCUT2D eigenvalue weighted by molar-refractivity contribution is 7.30. The van der Waals surface area contributed by atoms with Crippen LogP contribution in [0.3, 0.4) is 0 Å². The van der Waals surface area contributed by atoms with Gasteiger partial charge in [0.1, 0.15) is 0 Å². The van der Waals surface area contributed by atoms with Gasteiger partial charge in [-0.25, -0.2) is 10.4 Å². The molecular weight excluding hydrogens is 118 g/mol. The largest absolute Gasteiger partial charge is 0.287 e. The third-order valence-electron chi connectivity index (χ3n) is 1.28. The van der Waals surface area contributed by atoms with Gasteiger partial charge in [-0.05, 0) is 0 Å². The third kappa shape index (κ3) is 0.977. The predicted molar refractivity (Wildman–Crippen MR) is 36.0 cm³/mol. The van der Waals surface area contributed by atoms with E-state index >= 15 is 0 Å². The first-order valence-electron chi connectivity index (χ1n) is 2.79. The van der Waals surface area contributed by atoms with Crippen molar-refractivity contribution in [1.82, 2.24) is 10.4 Å². The number of nitrogens with zero attached hydrogens (tertiary/aromatic N) is 1. The Morgan fingerprint density at radius 1 is 1.33 bits per heavy atom. The number of hydrogen-bond donors (Lipinski definition) is 1. The van der Waals surface area contributed by atoms with E-state index in [1.807, 2.05) is 0 Å². The molecule has 0 bridgehead atoms.